The summed E-state index contributed by atoms with van der Waals surface area (Å²) in [5.41, 5.74) is 0.681. The maximum atomic E-state index is 13.7. The first-order chi connectivity index (χ1) is 17.3. The van der Waals surface area contributed by atoms with Crippen molar-refractivity contribution in [2.45, 2.75) is 83.2 Å². The Labute approximate surface area is 218 Å². The zero-order valence-corrected chi connectivity index (χ0v) is 23.5. The molecule has 1 aliphatic carbocycles. The molecular formula is C27H36N4O5Si. The molecule has 1 fully saturated rings. The SMILES string of the molecule is CCOC(=O)n1nc2c(c1NC(=O)C1([Si](C)(C)C)CCC1)CN(C(=O)CC(=O)c1ccccc1)C2(C)C. The molecule has 0 atom stereocenters. The van der Waals surface area contributed by atoms with Crippen molar-refractivity contribution in [2.75, 3.05) is 11.9 Å². The number of benzene rings is 1. The molecule has 1 N–H and O–H groups in total. The highest BCUT2D eigenvalue weighted by Gasteiger charge is 2.54. The van der Waals surface area contributed by atoms with Crippen LogP contribution < -0.4 is 5.32 Å². The molecule has 0 bridgehead atoms. The molecule has 0 saturated heterocycles. The summed E-state index contributed by atoms with van der Waals surface area (Å²) < 4.78 is 6.33. The molecule has 1 aromatic carbocycles. The summed E-state index contributed by atoms with van der Waals surface area (Å²) in [5.74, 6) is -0.457. The number of aromatic nitrogens is 2. The molecule has 2 aromatic rings. The number of ether oxygens (including phenoxy) is 1. The van der Waals surface area contributed by atoms with Gasteiger partial charge in [0.15, 0.2) is 5.78 Å². The van der Waals surface area contributed by atoms with Gasteiger partial charge in [-0.2, -0.15) is 5.10 Å². The lowest BCUT2D eigenvalue weighted by Gasteiger charge is -2.48. The minimum Gasteiger partial charge on any atom is -0.448 e. The second-order valence-electron chi connectivity index (χ2n) is 11.4. The van der Waals surface area contributed by atoms with E-state index < -0.39 is 24.7 Å². The summed E-state index contributed by atoms with van der Waals surface area (Å²) in [7, 11) is -1.88. The van der Waals surface area contributed by atoms with E-state index in [1.54, 1.807) is 36.1 Å². The first-order valence-electron chi connectivity index (χ1n) is 12.8. The molecule has 0 radical (unpaired) electrons. The van der Waals surface area contributed by atoms with E-state index in [-0.39, 0.29) is 43.0 Å². The monoisotopic (exact) mass is 524 g/mol. The molecule has 198 valence electrons. The molecular weight excluding hydrogens is 488 g/mol. The highest BCUT2D eigenvalue weighted by molar-refractivity contribution is 6.83. The summed E-state index contributed by atoms with van der Waals surface area (Å²) >= 11 is 0. The Morgan fingerprint density at radius 2 is 1.73 bits per heavy atom. The van der Waals surface area contributed by atoms with E-state index in [1.165, 1.54) is 0 Å². The van der Waals surface area contributed by atoms with E-state index in [2.05, 4.69) is 30.1 Å². The van der Waals surface area contributed by atoms with Gasteiger partial charge < -0.3 is 15.0 Å². The molecule has 10 heteroatoms. The molecule has 0 unspecified atom stereocenters. The number of hydrogen-bond donors (Lipinski definition) is 1. The topological polar surface area (TPSA) is 111 Å². The molecule has 2 heterocycles. The van der Waals surface area contributed by atoms with E-state index in [0.29, 0.717) is 16.8 Å². The predicted molar refractivity (Wildman–Crippen MR) is 142 cm³/mol. The van der Waals surface area contributed by atoms with Gasteiger partial charge in [-0.1, -0.05) is 56.4 Å². The third-order valence-electron chi connectivity index (χ3n) is 8.01. The number of fused-ring (bicyclic) bond motifs is 1. The number of carbonyl (C=O) groups excluding carboxylic acids is 4. The van der Waals surface area contributed by atoms with E-state index in [1.807, 2.05) is 19.9 Å². The molecule has 2 amide bonds. The Morgan fingerprint density at radius 3 is 2.27 bits per heavy atom. The van der Waals surface area contributed by atoms with Crippen LogP contribution in [0, 0.1) is 0 Å². The number of hydrogen-bond acceptors (Lipinski definition) is 6. The second-order valence-corrected chi connectivity index (χ2v) is 16.9. The predicted octanol–water partition coefficient (Wildman–Crippen LogP) is 4.94. The highest BCUT2D eigenvalue weighted by Crippen LogP contribution is 2.56. The summed E-state index contributed by atoms with van der Waals surface area (Å²) in [4.78, 5) is 54.1. The maximum absolute atomic E-state index is 13.7. The lowest BCUT2D eigenvalue weighted by molar-refractivity contribution is -0.135. The number of rotatable bonds is 7. The highest BCUT2D eigenvalue weighted by atomic mass is 28.3. The molecule has 1 aliphatic heterocycles. The van der Waals surface area contributed by atoms with Crippen LogP contribution >= 0.6 is 0 Å². The van der Waals surface area contributed by atoms with Crippen LogP contribution in [0.2, 0.25) is 24.7 Å². The van der Waals surface area contributed by atoms with Crippen molar-refractivity contribution in [1.82, 2.24) is 14.7 Å². The molecule has 2 aliphatic rings. The van der Waals surface area contributed by atoms with Gasteiger partial charge >= 0.3 is 6.09 Å². The van der Waals surface area contributed by atoms with Crippen LogP contribution in [0.15, 0.2) is 30.3 Å². The minimum absolute atomic E-state index is 0.104. The summed E-state index contributed by atoms with van der Waals surface area (Å²) in [5, 5.41) is 7.15. The quantitative estimate of drug-likeness (QED) is 0.312. The van der Waals surface area contributed by atoms with Gasteiger partial charge in [-0.05, 0) is 33.6 Å². The van der Waals surface area contributed by atoms with Gasteiger partial charge in [0.1, 0.15) is 5.82 Å². The Balaban J connectivity index is 1.66. The van der Waals surface area contributed by atoms with Crippen LogP contribution in [0.25, 0.3) is 0 Å². The zero-order chi connectivity index (χ0) is 27.2. The van der Waals surface area contributed by atoms with E-state index >= 15 is 0 Å². The normalized spacial score (nSPS) is 17.5. The third kappa shape index (κ3) is 4.51. The van der Waals surface area contributed by atoms with Crippen LogP contribution in [0.5, 0.6) is 0 Å². The maximum Gasteiger partial charge on any atom is 0.436 e. The van der Waals surface area contributed by atoms with Crippen LogP contribution in [-0.4, -0.2) is 53.1 Å². The van der Waals surface area contributed by atoms with Gasteiger partial charge in [-0.15, -0.1) is 4.68 Å². The molecule has 1 saturated carbocycles. The molecule has 4 rings (SSSR count). The van der Waals surface area contributed by atoms with E-state index in [0.717, 1.165) is 23.9 Å². The number of anilines is 1. The number of amides is 2. The average molecular weight is 525 g/mol. The Kier molecular flexibility index (Phi) is 6.91. The largest absolute Gasteiger partial charge is 0.448 e. The van der Waals surface area contributed by atoms with Crippen molar-refractivity contribution in [3.8, 4) is 0 Å². The fraction of sp³-hybridized carbons (Fsp3) is 0.519. The lowest BCUT2D eigenvalue weighted by atomic mass is 9.83. The number of nitrogens with zero attached hydrogens (tertiary/aromatic N) is 3. The van der Waals surface area contributed by atoms with Crippen molar-refractivity contribution in [3.05, 3.63) is 47.2 Å². The number of carbonyl (C=O) groups is 4. The fourth-order valence-electron chi connectivity index (χ4n) is 5.45. The number of ketones is 1. The first kappa shape index (κ1) is 26.8. The number of Topliss-reactive ketones (excluding diaryl/α,β-unsaturated/α-hetero) is 1. The van der Waals surface area contributed by atoms with Gasteiger partial charge in [0.05, 0.1) is 38.9 Å². The van der Waals surface area contributed by atoms with Gasteiger partial charge in [-0.3, -0.25) is 14.4 Å². The summed E-state index contributed by atoms with van der Waals surface area (Å²) in [6.45, 7) is 12.2. The number of nitrogens with one attached hydrogen (secondary N) is 1. The minimum atomic E-state index is -1.88. The second kappa shape index (κ2) is 9.55. The summed E-state index contributed by atoms with van der Waals surface area (Å²) in [6, 6.07) is 8.71. The van der Waals surface area contributed by atoms with Crippen molar-refractivity contribution in [1.29, 1.82) is 0 Å². The van der Waals surface area contributed by atoms with E-state index in [4.69, 9.17) is 4.74 Å². The van der Waals surface area contributed by atoms with Crippen LogP contribution in [0.1, 0.15) is 68.1 Å². The van der Waals surface area contributed by atoms with Crippen LogP contribution in [0.3, 0.4) is 0 Å². The zero-order valence-electron chi connectivity index (χ0n) is 22.5. The van der Waals surface area contributed by atoms with Crippen molar-refractivity contribution in [3.63, 3.8) is 0 Å². The lowest BCUT2D eigenvalue weighted by Crippen LogP contribution is -2.52. The van der Waals surface area contributed by atoms with Crippen LogP contribution in [0.4, 0.5) is 10.6 Å². The molecule has 0 spiro atoms. The summed E-state index contributed by atoms with van der Waals surface area (Å²) in [6.07, 6.45) is 1.67. The van der Waals surface area contributed by atoms with Crippen molar-refractivity contribution < 1.29 is 23.9 Å². The standard InChI is InChI=1S/C27H36N4O5Si/c1-7-36-25(35)31-23(28-24(34)27(14-11-15-27)37(4,5)6)19-17-30(26(2,3)22(19)29-31)21(33)16-20(32)18-12-9-8-10-13-18/h8-10,12-13H,7,11,14-17H2,1-6H3,(H,28,34). The van der Waals surface area contributed by atoms with Gasteiger partial charge in [0.25, 0.3) is 0 Å². The third-order valence-corrected chi connectivity index (χ3v) is 11.6. The Bertz CT molecular complexity index is 1240. The molecule has 37 heavy (non-hydrogen) atoms. The Morgan fingerprint density at radius 1 is 1.08 bits per heavy atom. The molecule has 1 aromatic heterocycles. The van der Waals surface area contributed by atoms with Gasteiger partial charge in [0.2, 0.25) is 11.8 Å². The molecule has 9 nitrogen and oxygen atoms in total. The fourth-order valence-corrected chi connectivity index (χ4v) is 8.05. The van der Waals surface area contributed by atoms with Crippen molar-refractivity contribution in [2.24, 2.45) is 0 Å². The van der Waals surface area contributed by atoms with Gasteiger partial charge in [-0.25, -0.2) is 4.79 Å². The van der Waals surface area contributed by atoms with Gasteiger partial charge in [0, 0.05) is 16.2 Å². The average Bonchev–Trinajstić information content (AvgIpc) is 3.27. The smallest absolute Gasteiger partial charge is 0.436 e. The van der Waals surface area contributed by atoms with Crippen molar-refractivity contribution >= 4 is 37.6 Å². The Hall–Kier alpha value is -3.27. The van der Waals surface area contributed by atoms with E-state index in [9.17, 15) is 19.2 Å². The first-order valence-corrected chi connectivity index (χ1v) is 16.3. The van der Waals surface area contributed by atoms with Crippen LogP contribution in [-0.2, 0) is 26.4 Å².